The van der Waals surface area contributed by atoms with Gasteiger partial charge in [0.1, 0.15) is 5.83 Å². The van der Waals surface area contributed by atoms with Crippen molar-refractivity contribution in [1.29, 1.82) is 0 Å². The van der Waals surface area contributed by atoms with Crippen LogP contribution in [0, 0.1) is 5.41 Å². The number of hydrogen-bond donors (Lipinski definition) is 0. The third-order valence-corrected chi connectivity index (χ3v) is 2.43. The summed E-state index contributed by atoms with van der Waals surface area (Å²) in [7, 11) is 0. The molecule has 13 heavy (non-hydrogen) atoms. The van der Waals surface area contributed by atoms with Crippen LogP contribution in [0.2, 0.25) is 0 Å². The molecule has 0 radical (unpaired) electrons. The van der Waals surface area contributed by atoms with Gasteiger partial charge in [0.05, 0.1) is 0 Å². The molecule has 1 aliphatic rings. The summed E-state index contributed by atoms with van der Waals surface area (Å²) < 4.78 is 13.2. The molecule has 0 heterocycles. The fraction of sp³-hybridized carbons (Fsp3) is 0.667. The maximum atomic E-state index is 13.2. The number of rotatable bonds is 2. The van der Waals surface area contributed by atoms with Gasteiger partial charge in [-0.05, 0) is 30.3 Å². The van der Waals surface area contributed by atoms with Gasteiger partial charge in [-0.25, -0.2) is 4.39 Å². The molecule has 0 amide bonds. The highest BCUT2D eigenvalue weighted by Gasteiger charge is 2.19. The first-order valence-electron chi connectivity index (χ1n) is 4.91. The summed E-state index contributed by atoms with van der Waals surface area (Å²) in [5, 5.41) is 0. The lowest BCUT2D eigenvalue weighted by Gasteiger charge is -2.18. The SMILES string of the molecule is C=C1CC(F)=C(CCC(C)(C)C)C1. The minimum Gasteiger partial charge on any atom is -0.212 e. The van der Waals surface area contributed by atoms with E-state index in [1.165, 1.54) is 0 Å². The van der Waals surface area contributed by atoms with Crippen LogP contribution in [0.5, 0.6) is 0 Å². The predicted octanol–water partition coefficient (Wildman–Crippen LogP) is 4.39. The Labute approximate surface area is 80.5 Å². The maximum Gasteiger partial charge on any atom is 0.103 e. The van der Waals surface area contributed by atoms with Crippen LogP contribution in [0.3, 0.4) is 0 Å². The molecule has 1 aliphatic carbocycles. The van der Waals surface area contributed by atoms with E-state index in [0.29, 0.717) is 11.8 Å². The summed E-state index contributed by atoms with van der Waals surface area (Å²) in [6, 6.07) is 0. The molecule has 0 spiro atoms. The van der Waals surface area contributed by atoms with Crippen LogP contribution in [0.15, 0.2) is 23.6 Å². The fourth-order valence-electron chi connectivity index (χ4n) is 1.55. The molecular weight excluding hydrogens is 163 g/mol. The molecule has 74 valence electrons. The molecule has 0 fully saturated rings. The quantitative estimate of drug-likeness (QED) is 0.556. The van der Waals surface area contributed by atoms with Crippen molar-refractivity contribution in [2.24, 2.45) is 5.41 Å². The molecule has 1 rings (SSSR count). The van der Waals surface area contributed by atoms with E-state index in [-0.39, 0.29) is 5.83 Å². The van der Waals surface area contributed by atoms with E-state index in [1.807, 2.05) is 0 Å². The first kappa shape index (κ1) is 10.5. The van der Waals surface area contributed by atoms with E-state index in [1.54, 1.807) is 0 Å². The fourth-order valence-corrected chi connectivity index (χ4v) is 1.55. The van der Waals surface area contributed by atoms with E-state index in [2.05, 4.69) is 27.4 Å². The van der Waals surface area contributed by atoms with Crippen LogP contribution in [0.4, 0.5) is 4.39 Å². The van der Waals surface area contributed by atoms with Gasteiger partial charge in [-0.15, -0.1) is 0 Å². The van der Waals surface area contributed by atoms with Gasteiger partial charge in [0, 0.05) is 6.42 Å². The Bertz CT molecular complexity index is 240. The van der Waals surface area contributed by atoms with Crippen LogP contribution in [-0.2, 0) is 0 Å². The highest BCUT2D eigenvalue weighted by Crippen LogP contribution is 2.35. The summed E-state index contributed by atoms with van der Waals surface area (Å²) >= 11 is 0. The number of halogens is 1. The molecular formula is C12H19F. The van der Waals surface area contributed by atoms with E-state index < -0.39 is 0 Å². The second-order valence-electron chi connectivity index (χ2n) is 5.17. The Morgan fingerprint density at radius 2 is 1.92 bits per heavy atom. The topological polar surface area (TPSA) is 0 Å². The third kappa shape index (κ3) is 3.33. The monoisotopic (exact) mass is 182 g/mol. The van der Waals surface area contributed by atoms with Gasteiger partial charge in [-0.1, -0.05) is 32.9 Å². The molecule has 0 saturated carbocycles. The smallest absolute Gasteiger partial charge is 0.103 e. The Hall–Kier alpha value is -0.590. The Morgan fingerprint density at radius 3 is 2.31 bits per heavy atom. The highest BCUT2D eigenvalue weighted by atomic mass is 19.1. The van der Waals surface area contributed by atoms with Gasteiger partial charge in [0.2, 0.25) is 0 Å². The largest absolute Gasteiger partial charge is 0.212 e. The van der Waals surface area contributed by atoms with Gasteiger partial charge in [-0.3, -0.25) is 0 Å². The van der Waals surface area contributed by atoms with Crippen molar-refractivity contribution in [3.05, 3.63) is 23.6 Å². The zero-order chi connectivity index (χ0) is 10.1. The van der Waals surface area contributed by atoms with Crippen LogP contribution in [0.25, 0.3) is 0 Å². The van der Waals surface area contributed by atoms with Crippen LogP contribution < -0.4 is 0 Å². The molecule has 0 unspecified atom stereocenters. The molecule has 0 aromatic heterocycles. The molecule has 0 bridgehead atoms. The molecule has 0 aromatic rings. The van der Waals surface area contributed by atoms with Crippen molar-refractivity contribution < 1.29 is 4.39 Å². The number of allylic oxidation sites excluding steroid dienone is 3. The van der Waals surface area contributed by atoms with E-state index in [4.69, 9.17) is 0 Å². The summed E-state index contributed by atoms with van der Waals surface area (Å²) in [6.07, 6.45) is 3.23. The average molecular weight is 182 g/mol. The zero-order valence-electron chi connectivity index (χ0n) is 8.91. The maximum absolute atomic E-state index is 13.2. The predicted molar refractivity (Wildman–Crippen MR) is 55.2 cm³/mol. The molecule has 0 saturated heterocycles. The van der Waals surface area contributed by atoms with E-state index in [0.717, 1.165) is 30.4 Å². The zero-order valence-corrected chi connectivity index (χ0v) is 8.91. The summed E-state index contributed by atoms with van der Waals surface area (Å²) in [5.74, 6) is 0.0780. The Morgan fingerprint density at radius 1 is 1.31 bits per heavy atom. The van der Waals surface area contributed by atoms with Crippen molar-refractivity contribution in [2.75, 3.05) is 0 Å². The molecule has 1 heteroatoms. The second kappa shape index (κ2) is 3.65. The normalized spacial score (nSPS) is 18.6. The van der Waals surface area contributed by atoms with Gasteiger partial charge in [0.25, 0.3) is 0 Å². The highest BCUT2D eigenvalue weighted by molar-refractivity contribution is 5.28. The third-order valence-electron chi connectivity index (χ3n) is 2.43. The minimum atomic E-state index is 0.0780. The van der Waals surface area contributed by atoms with Crippen molar-refractivity contribution in [1.82, 2.24) is 0 Å². The van der Waals surface area contributed by atoms with Crippen LogP contribution in [0.1, 0.15) is 46.5 Å². The Kier molecular flexibility index (Phi) is 2.94. The molecule has 0 N–H and O–H groups in total. The van der Waals surface area contributed by atoms with Gasteiger partial charge in [-0.2, -0.15) is 0 Å². The summed E-state index contributed by atoms with van der Waals surface area (Å²) in [4.78, 5) is 0. The van der Waals surface area contributed by atoms with Crippen LogP contribution >= 0.6 is 0 Å². The number of hydrogen-bond acceptors (Lipinski definition) is 0. The lowest BCUT2D eigenvalue weighted by molar-refractivity contribution is 0.375. The second-order valence-corrected chi connectivity index (χ2v) is 5.17. The molecule has 0 nitrogen and oxygen atoms in total. The van der Waals surface area contributed by atoms with Crippen molar-refractivity contribution in [2.45, 2.75) is 46.5 Å². The van der Waals surface area contributed by atoms with Crippen LogP contribution in [-0.4, -0.2) is 0 Å². The van der Waals surface area contributed by atoms with Gasteiger partial charge in [0.15, 0.2) is 0 Å². The lowest BCUT2D eigenvalue weighted by Crippen LogP contribution is -2.04. The molecule has 0 aromatic carbocycles. The van der Waals surface area contributed by atoms with E-state index >= 15 is 0 Å². The lowest BCUT2D eigenvalue weighted by atomic mass is 9.88. The summed E-state index contributed by atoms with van der Waals surface area (Å²) in [5.41, 5.74) is 2.32. The van der Waals surface area contributed by atoms with Gasteiger partial charge >= 0.3 is 0 Å². The minimum absolute atomic E-state index is 0.0780. The van der Waals surface area contributed by atoms with Crippen molar-refractivity contribution in [3.63, 3.8) is 0 Å². The Balaban J connectivity index is 2.46. The van der Waals surface area contributed by atoms with Crippen molar-refractivity contribution >= 4 is 0 Å². The van der Waals surface area contributed by atoms with E-state index in [9.17, 15) is 4.39 Å². The summed E-state index contributed by atoms with van der Waals surface area (Å²) in [6.45, 7) is 10.4. The first-order chi connectivity index (χ1) is 5.88. The first-order valence-corrected chi connectivity index (χ1v) is 4.91. The van der Waals surface area contributed by atoms with Crippen molar-refractivity contribution in [3.8, 4) is 0 Å². The van der Waals surface area contributed by atoms with Gasteiger partial charge < -0.3 is 0 Å². The standard InChI is InChI=1S/C12H19F/c1-9-7-10(11(13)8-9)5-6-12(2,3)4/h1,5-8H2,2-4H3. The molecule has 0 aliphatic heterocycles. The molecule has 0 atom stereocenters. The average Bonchev–Trinajstić information content (AvgIpc) is 2.24.